The smallest absolute Gasteiger partial charge is 0.311 e. The lowest BCUT2D eigenvalue weighted by molar-refractivity contribution is -0.149. The van der Waals surface area contributed by atoms with E-state index in [0.717, 1.165) is 30.4 Å². The average molecular weight is 397 g/mol. The number of aliphatic carboxylic acids is 1. The van der Waals surface area contributed by atoms with Gasteiger partial charge in [0.05, 0.1) is 18.6 Å². The van der Waals surface area contributed by atoms with Crippen LogP contribution in [-0.4, -0.2) is 48.1 Å². The van der Waals surface area contributed by atoms with Gasteiger partial charge in [-0.25, -0.2) is 0 Å². The number of carboxylic acids is 1. The Bertz CT molecular complexity index is 669. The minimum absolute atomic E-state index is 0. The molecular weight excluding hydrogens is 368 g/mol. The largest absolute Gasteiger partial charge is 0.481 e. The molecule has 2 N–H and O–H groups in total. The van der Waals surface area contributed by atoms with E-state index in [-0.39, 0.29) is 30.8 Å². The SMILES string of the molecule is CCOCc1ccccc1CNC(=O)CN1C[C@@H]2CCC[C@@]2(C(=O)O)C1.Cl. The van der Waals surface area contributed by atoms with Crippen LogP contribution >= 0.6 is 12.4 Å². The highest BCUT2D eigenvalue weighted by molar-refractivity contribution is 5.85. The Balaban J connectivity index is 0.00000261. The summed E-state index contributed by atoms with van der Waals surface area (Å²) in [4.78, 5) is 26.1. The van der Waals surface area contributed by atoms with E-state index in [1.54, 1.807) is 0 Å². The third kappa shape index (κ3) is 4.81. The van der Waals surface area contributed by atoms with Crippen molar-refractivity contribution in [1.29, 1.82) is 0 Å². The number of carboxylic acid groups (broad SMARTS) is 1. The molecule has 0 bridgehead atoms. The highest BCUT2D eigenvalue weighted by Gasteiger charge is 2.54. The predicted octanol–water partition coefficient (Wildman–Crippen LogP) is 2.45. The lowest BCUT2D eigenvalue weighted by Gasteiger charge is -2.23. The average Bonchev–Trinajstić information content (AvgIpc) is 3.16. The van der Waals surface area contributed by atoms with Crippen LogP contribution in [-0.2, 0) is 27.5 Å². The molecule has 3 rings (SSSR count). The van der Waals surface area contributed by atoms with Crippen molar-refractivity contribution in [1.82, 2.24) is 10.2 Å². The molecule has 2 aliphatic rings. The fourth-order valence-electron chi connectivity index (χ4n) is 4.40. The highest BCUT2D eigenvalue weighted by Crippen LogP contribution is 2.48. The predicted molar refractivity (Wildman–Crippen MR) is 105 cm³/mol. The van der Waals surface area contributed by atoms with Crippen molar-refractivity contribution in [3.05, 3.63) is 35.4 Å². The van der Waals surface area contributed by atoms with Gasteiger partial charge in [-0.15, -0.1) is 12.4 Å². The second-order valence-corrected chi connectivity index (χ2v) is 7.40. The zero-order valence-corrected chi connectivity index (χ0v) is 16.6. The second kappa shape index (κ2) is 9.53. The Kier molecular flexibility index (Phi) is 7.65. The van der Waals surface area contributed by atoms with Gasteiger partial charge in [-0.2, -0.15) is 0 Å². The van der Waals surface area contributed by atoms with Gasteiger partial charge in [-0.3, -0.25) is 14.5 Å². The maximum atomic E-state index is 12.4. The third-order valence-electron chi connectivity index (χ3n) is 5.79. The van der Waals surface area contributed by atoms with Crippen molar-refractivity contribution in [3.8, 4) is 0 Å². The summed E-state index contributed by atoms with van der Waals surface area (Å²) < 4.78 is 5.47. The maximum Gasteiger partial charge on any atom is 0.311 e. The summed E-state index contributed by atoms with van der Waals surface area (Å²) in [6.07, 6.45) is 2.67. The van der Waals surface area contributed by atoms with Gasteiger partial charge in [0.2, 0.25) is 5.91 Å². The van der Waals surface area contributed by atoms with Crippen LogP contribution in [0.1, 0.15) is 37.3 Å². The fraction of sp³-hybridized carbons (Fsp3) is 0.600. The molecule has 0 aromatic heterocycles. The number of benzene rings is 1. The van der Waals surface area contributed by atoms with E-state index < -0.39 is 11.4 Å². The van der Waals surface area contributed by atoms with Crippen LogP contribution in [0, 0.1) is 11.3 Å². The number of fused-ring (bicyclic) bond motifs is 1. The molecule has 150 valence electrons. The molecule has 1 aliphatic carbocycles. The van der Waals surface area contributed by atoms with Crippen LogP contribution in [0.15, 0.2) is 24.3 Å². The minimum Gasteiger partial charge on any atom is -0.481 e. The van der Waals surface area contributed by atoms with Gasteiger partial charge in [-0.1, -0.05) is 30.7 Å². The van der Waals surface area contributed by atoms with Crippen LogP contribution in [0.4, 0.5) is 0 Å². The van der Waals surface area contributed by atoms with Crippen molar-refractivity contribution >= 4 is 24.3 Å². The van der Waals surface area contributed by atoms with Crippen LogP contribution in [0.5, 0.6) is 0 Å². The number of carbonyl (C=O) groups is 2. The van der Waals surface area contributed by atoms with Gasteiger partial charge in [-0.05, 0) is 36.8 Å². The number of nitrogens with one attached hydrogen (secondary N) is 1. The van der Waals surface area contributed by atoms with Gasteiger partial charge >= 0.3 is 5.97 Å². The summed E-state index contributed by atoms with van der Waals surface area (Å²) in [6, 6.07) is 7.92. The molecule has 2 atom stereocenters. The Labute approximate surface area is 166 Å². The first-order chi connectivity index (χ1) is 12.5. The van der Waals surface area contributed by atoms with Gasteiger partial charge in [0.25, 0.3) is 0 Å². The zero-order valence-electron chi connectivity index (χ0n) is 15.8. The molecular formula is C20H29ClN2O4. The topological polar surface area (TPSA) is 78.9 Å². The van der Waals surface area contributed by atoms with E-state index in [9.17, 15) is 14.7 Å². The Morgan fingerprint density at radius 1 is 1.33 bits per heavy atom. The molecule has 1 aromatic carbocycles. The summed E-state index contributed by atoms with van der Waals surface area (Å²) in [5.74, 6) is -0.579. The first-order valence-electron chi connectivity index (χ1n) is 9.42. The standard InChI is InChI=1S/C20H28N2O4.ClH/c1-2-26-13-16-7-4-3-6-15(16)10-21-18(23)12-22-11-17-8-5-9-20(17,14-22)19(24)25;/h3-4,6-7,17H,2,5,8-14H2,1H3,(H,21,23)(H,24,25);1H/t17-,20+;/m0./s1. The molecule has 6 nitrogen and oxygen atoms in total. The monoisotopic (exact) mass is 396 g/mol. The van der Waals surface area contributed by atoms with Crippen LogP contribution < -0.4 is 5.32 Å². The van der Waals surface area contributed by atoms with Crippen molar-refractivity contribution in [2.45, 2.75) is 39.3 Å². The molecule has 1 saturated heterocycles. The van der Waals surface area contributed by atoms with Gasteiger partial charge < -0.3 is 15.2 Å². The molecule has 0 spiro atoms. The van der Waals surface area contributed by atoms with Crippen molar-refractivity contribution in [2.75, 3.05) is 26.2 Å². The highest BCUT2D eigenvalue weighted by atomic mass is 35.5. The minimum atomic E-state index is -0.701. The van der Waals surface area contributed by atoms with Crippen molar-refractivity contribution in [3.63, 3.8) is 0 Å². The summed E-state index contributed by atoms with van der Waals surface area (Å²) in [5.41, 5.74) is 1.49. The number of amides is 1. The van der Waals surface area contributed by atoms with Crippen LogP contribution in [0.2, 0.25) is 0 Å². The molecule has 1 heterocycles. The third-order valence-corrected chi connectivity index (χ3v) is 5.79. The van der Waals surface area contributed by atoms with Gasteiger partial charge in [0.1, 0.15) is 0 Å². The number of halogens is 1. The van der Waals surface area contributed by atoms with Crippen LogP contribution in [0.25, 0.3) is 0 Å². The molecule has 1 aliphatic heterocycles. The number of ether oxygens (including phenoxy) is 1. The summed E-state index contributed by atoms with van der Waals surface area (Å²) in [6.45, 7) is 5.07. The van der Waals surface area contributed by atoms with Crippen molar-refractivity contribution in [2.24, 2.45) is 11.3 Å². The number of likely N-dealkylation sites (tertiary alicyclic amines) is 1. The molecule has 27 heavy (non-hydrogen) atoms. The normalized spacial score (nSPS) is 24.3. The quantitative estimate of drug-likeness (QED) is 0.705. The van der Waals surface area contributed by atoms with E-state index in [1.807, 2.05) is 36.1 Å². The molecule has 1 aromatic rings. The lowest BCUT2D eigenvalue weighted by Crippen LogP contribution is -2.39. The number of nitrogens with zero attached hydrogens (tertiary/aromatic N) is 1. The molecule has 0 radical (unpaired) electrons. The number of hydrogen-bond acceptors (Lipinski definition) is 4. The molecule has 2 fully saturated rings. The fourth-order valence-corrected chi connectivity index (χ4v) is 4.40. The van der Waals surface area contributed by atoms with E-state index in [0.29, 0.717) is 32.8 Å². The Hall–Kier alpha value is -1.63. The first kappa shape index (κ1) is 21.7. The molecule has 7 heteroatoms. The number of carbonyl (C=O) groups excluding carboxylic acids is 1. The van der Waals surface area contributed by atoms with E-state index >= 15 is 0 Å². The van der Waals surface area contributed by atoms with E-state index in [1.165, 1.54) is 0 Å². The summed E-state index contributed by atoms with van der Waals surface area (Å²) in [5, 5.41) is 12.6. The summed E-state index contributed by atoms with van der Waals surface area (Å²) >= 11 is 0. The molecule has 0 unspecified atom stereocenters. The molecule has 1 saturated carbocycles. The summed E-state index contributed by atoms with van der Waals surface area (Å²) in [7, 11) is 0. The van der Waals surface area contributed by atoms with Gasteiger partial charge in [0, 0.05) is 26.2 Å². The lowest BCUT2D eigenvalue weighted by atomic mass is 9.81. The molecule has 1 amide bonds. The van der Waals surface area contributed by atoms with Crippen LogP contribution in [0.3, 0.4) is 0 Å². The Morgan fingerprint density at radius 3 is 2.74 bits per heavy atom. The van der Waals surface area contributed by atoms with Gasteiger partial charge in [0.15, 0.2) is 0 Å². The number of hydrogen-bond donors (Lipinski definition) is 2. The van der Waals surface area contributed by atoms with E-state index in [2.05, 4.69) is 5.32 Å². The van der Waals surface area contributed by atoms with Crippen molar-refractivity contribution < 1.29 is 19.4 Å². The Morgan fingerprint density at radius 2 is 2.07 bits per heavy atom. The second-order valence-electron chi connectivity index (χ2n) is 7.40. The van der Waals surface area contributed by atoms with E-state index in [4.69, 9.17) is 4.74 Å². The number of rotatable bonds is 8. The zero-order chi connectivity index (χ0) is 18.6. The first-order valence-corrected chi connectivity index (χ1v) is 9.42. The maximum absolute atomic E-state index is 12.4.